The summed E-state index contributed by atoms with van der Waals surface area (Å²) in [5.41, 5.74) is 0. The summed E-state index contributed by atoms with van der Waals surface area (Å²) in [7, 11) is -2.81. The van der Waals surface area contributed by atoms with Gasteiger partial charge in [0.15, 0.2) is 0 Å². The fourth-order valence-corrected chi connectivity index (χ4v) is 3.84. The van der Waals surface area contributed by atoms with Crippen LogP contribution < -0.4 is 0 Å². The molecular formula is C11H21BrO2S. The van der Waals surface area contributed by atoms with Gasteiger partial charge in [-0.1, -0.05) is 35.7 Å². The molecule has 2 nitrogen and oxygen atoms in total. The zero-order valence-corrected chi connectivity index (χ0v) is 12.0. The van der Waals surface area contributed by atoms with Crippen molar-refractivity contribution in [3.05, 3.63) is 0 Å². The van der Waals surface area contributed by atoms with Gasteiger partial charge in [0.05, 0.1) is 5.25 Å². The molecule has 1 rings (SSSR count). The quantitative estimate of drug-likeness (QED) is 0.747. The van der Waals surface area contributed by atoms with E-state index >= 15 is 0 Å². The summed E-state index contributed by atoms with van der Waals surface area (Å²) in [6.07, 6.45) is 7.76. The molecule has 15 heavy (non-hydrogen) atoms. The van der Waals surface area contributed by atoms with Crippen molar-refractivity contribution < 1.29 is 8.42 Å². The number of rotatable bonds is 4. The Morgan fingerprint density at radius 2 is 2.07 bits per heavy atom. The SMILES string of the molecule is CC(Br)CCC1CCCC(S(C)(=O)=O)C1. The fraction of sp³-hybridized carbons (Fsp3) is 1.00. The van der Waals surface area contributed by atoms with E-state index in [0.29, 0.717) is 10.7 Å². The summed E-state index contributed by atoms with van der Waals surface area (Å²) in [4.78, 5) is 0.552. The minimum Gasteiger partial charge on any atom is -0.229 e. The Bertz CT molecular complexity index is 285. The summed E-state index contributed by atoms with van der Waals surface area (Å²) in [6, 6.07) is 0. The van der Waals surface area contributed by atoms with Gasteiger partial charge in [-0.3, -0.25) is 0 Å². The number of hydrogen-bond acceptors (Lipinski definition) is 2. The summed E-state index contributed by atoms with van der Waals surface area (Å²) < 4.78 is 22.9. The standard InChI is InChI=1S/C11H21BrO2S/c1-9(12)6-7-10-4-3-5-11(8-10)15(2,13)14/h9-11H,3-8H2,1-2H3. The fourth-order valence-electron chi connectivity index (χ4n) is 2.36. The van der Waals surface area contributed by atoms with Gasteiger partial charge in [-0.15, -0.1) is 0 Å². The van der Waals surface area contributed by atoms with Crippen molar-refractivity contribution in [2.45, 2.75) is 55.5 Å². The molecule has 3 unspecified atom stereocenters. The molecule has 1 fully saturated rings. The van der Waals surface area contributed by atoms with Crippen molar-refractivity contribution in [2.24, 2.45) is 5.92 Å². The van der Waals surface area contributed by atoms with E-state index < -0.39 is 9.84 Å². The van der Waals surface area contributed by atoms with Crippen LogP contribution in [0.15, 0.2) is 0 Å². The highest BCUT2D eigenvalue weighted by molar-refractivity contribution is 9.09. The molecule has 0 amide bonds. The second-order valence-electron chi connectivity index (χ2n) is 4.84. The zero-order chi connectivity index (χ0) is 11.5. The lowest BCUT2D eigenvalue weighted by molar-refractivity contribution is 0.333. The minimum atomic E-state index is -2.81. The van der Waals surface area contributed by atoms with Crippen molar-refractivity contribution in [3.63, 3.8) is 0 Å². The second kappa shape index (κ2) is 5.67. The van der Waals surface area contributed by atoms with Gasteiger partial charge in [-0.2, -0.15) is 0 Å². The molecule has 1 aliphatic rings. The molecule has 0 aromatic rings. The lowest BCUT2D eigenvalue weighted by atomic mass is 9.85. The van der Waals surface area contributed by atoms with Gasteiger partial charge in [0.2, 0.25) is 0 Å². The lowest BCUT2D eigenvalue weighted by Crippen LogP contribution is -2.27. The molecule has 0 bridgehead atoms. The van der Waals surface area contributed by atoms with Crippen LogP contribution in [0.2, 0.25) is 0 Å². The molecule has 1 saturated carbocycles. The smallest absolute Gasteiger partial charge is 0.150 e. The van der Waals surface area contributed by atoms with Crippen LogP contribution in [-0.2, 0) is 9.84 Å². The van der Waals surface area contributed by atoms with E-state index in [9.17, 15) is 8.42 Å². The van der Waals surface area contributed by atoms with Crippen LogP contribution in [0.3, 0.4) is 0 Å². The van der Waals surface area contributed by atoms with Crippen LogP contribution in [0.1, 0.15) is 45.4 Å². The van der Waals surface area contributed by atoms with E-state index in [1.165, 1.54) is 19.1 Å². The van der Waals surface area contributed by atoms with E-state index in [2.05, 4.69) is 22.9 Å². The van der Waals surface area contributed by atoms with Gasteiger partial charge in [0.1, 0.15) is 9.84 Å². The Balaban J connectivity index is 2.43. The van der Waals surface area contributed by atoms with Crippen LogP contribution in [0.5, 0.6) is 0 Å². The van der Waals surface area contributed by atoms with Crippen molar-refractivity contribution in [3.8, 4) is 0 Å². The van der Waals surface area contributed by atoms with Crippen LogP contribution in [0.4, 0.5) is 0 Å². The van der Waals surface area contributed by atoms with Gasteiger partial charge in [-0.25, -0.2) is 8.42 Å². The van der Waals surface area contributed by atoms with Gasteiger partial charge < -0.3 is 0 Å². The highest BCUT2D eigenvalue weighted by atomic mass is 79.9. The molecule has 3 atom stereocenters. The maximum Gasteiger partial charge on any atom is 0.150 e. The van der Waals surface area contributed by atoms with E-state index in [1.54, 1.807) is 0 Å². The summed E-state index contributed by atoms with van der Waals surface area (Å²) >= 11 is 3.54. The third kappa shape index (κ3) is 4.85. The predicted molar refractivity (Wildman–Crippen MR) is 68.2 cm³/mol. The Labute approximate surface area is 102 Å². The third-order valence-corrected chi connectivity index (χ3v) is 5.41. The average molecular weight is 297 g/mol. The Kier molecular flexibility index (Phi) is 5.10. The third-order valence-electron chi connectivity index (χ3n) is 3.31. The Hall–Kier alpha value is 0.430. The first-order chi connectivity index (χ1) is 6.89. The monoisotopic (exact) mass is 296 g/mol. The molecule has 0 aromatic heterocycles. The van der Waals surface area contributed by atoms with E-state index in [-0.39, 0.29) is 5.25 Å². The molecule has 0 N–H and O–H groups in total. The maximum absolute atomic E-state index is 11.5. The van der Waals surface area contributed by atoms with Gasteiger partial charge >= 0.3 is 0 Å². The first-order valence-electron chi connectivity index (χ1n) is 5.72. The number of alkyl halides is 1. The maximum atomic E-state index is 11.5. The molecule has 0 aliphatic heterocycles. The van der Waals surface area contributed by atoms with E-state index in [4.69, 9.17) is 0 Å². The summed E-state index contributed by atoms with van der Waals surface area (Å²) in [5, 5.41) is -0.0677. The molecule has 0 heterocycles. The first-order valence-corrected chi connectivity index (χ1v) is 8.59. The molecule has 0 radical (unpaired) electrons. The van der Waals surface area contributed by atoms with Gasteiger partial charge in [0.25, 0.3) is 0 Å². The highest BCUT2D eigenvalue weighted by Gasteiger charge is 2.28. The molecule has 0 spiro atoms. The van der Waals surface area contributed by atoms with Crippen molar-refractivity contribution in [1.82, 2.24) is 0 Å². The number of sulfone groups is 1. The lowest BCUT2D eigenvalue weighted by Gasteiger charge is -2.28. The van der Waals surface area contributed by atoms with Crippen LogP contribution in [-0.4, -0.2) is 24.8 Å². The molecular weight excluding hydrogens is 276 g/mol. The van der Waals surface area contributed by atoms with Crippen LogP contribution in [0, 0.1) is 5.92 Å². The van der Waals surface area contributed by atoms with Crippen LogP contribution in [0.25, 0.3) is 0 Å². The number of hydrogen-bond donors (Lipinski definition) is 0. The molecule has 1 aliphatic carbocycles. The summed E-state index contributed by atoms with van der Waals surface area (Å²) in [5.74, 6) is 0.624. The van der Waals surface area contributed by atoms with Crippen molar-refractivity contribution >= 4 is 25.8 Å². The normalized spacial score (nSPS) is 30.1. The molecule has 0 aromatic carbocycles. The molecule has 0 saturated heterocycles. The first kappa shape index (κ1) is 13.5. The molecule has 4 heteroatoms. The number of halogens is 1. The summed E-state index contributed by atoms with van der Waals surface area (Å²) in [6.45, 7) is 2.15. The van der Waals surface area contributed by atoms with Crippen molar-refractivity contribution in [1.29, 1.82) is 0 Å². The predicted octanol–water partition coefficient (Wildman–Crippen LogP) is 3.15. The van der Waals surface area contributed by atoms with Crippen molar-refractivity contribution in [2.75, 3.05) is 6.26 Å². The molecule has 90 valence electrons. The van der Waals surface area contributed by atoms with Gasteiger partial charge in [0, 0.05) is 11.1 Å². The highest BCUT2D eigenvalue weighted by Crippen LogP contribution is 2.32. The Morgan fingerprint density at radius 3 is 2.60 bits per heavy atom. The largest absolute Gasteiger partial charge is 0.229 e. The topological polar surface area (TPSA) is 34.1 Å². The zero-order valence-electron chi connectivity index (χ0n) is 9.58. The average Bonchev–Trinajstić information content (AvgIpc) is 2.14. The van der Waals surface area contributed by atoms with E-state index in [0.717, 1.165) is 25.7 Å². The second-order valence-corrected chi connectivity index (χ2v) is 8.73. The Morgan fingerprint density at radius 1 is 1.40 bits per heavy atom. The van der Waals surface area contributed by atoms with E-state index in [1.807, 2.05) is 0 Å². The van der Waals surface area contributed by atoms with Gasteiger partial charge in [-0.05, 0) is 31.6 Å². The van der Waals surface area contributed by atoms with Crippen LogP contribution >= 0.6 is 15.9 Å². The minimum absolute atomic E-state index is 0.0677.